The maximum absolute atomic E-state index is 12.4. The van der Waals surface area contributed by atoms with E-state index >= 15 is 0 Å². The second-order valence-electron chi connectivity index (χ2n) is 2.43. The zero-order valence-electron chi connectivity index (χ0n) is 6.60. The Morgan fingerprint density at radius 2 is 1.92 bits per heavy atom. The minimum absolute atomic E-state index is 0.432. The number of rotatable bonds is 3. The Kier molecular flexibility index (Phi) is 3.12. The van der Waals surface area contributed by atoms with Gasteiger partial charge in [0.25, 0.3) is 5.92 Å². The highest BCUT2D eigenvalue weighted by molar-refractivity contribution is 5.82. The van der Waals surface area contributed by atoms with Crippen molar-refractivity contribution >= 4 is 11.9 Å². The molecule has 70 valence electrons. The van der Waals surface area contributed by atoms with Crippen LogP contribution in [0.2, 0.25) is 0 Å². The Balaban J connectivity index is 4.46. The summed E-state index contributed by atoms with van der Waals surface area (Å²) in [6, 6.07) is -2.16. The average molecular weight is 181 g/mol. The molecule has 0 saturated heterocycles. The van der Waals surface area contributed by atoms with Gasteiger partial charge in [0.2, 0.25) is 5.91 Å². The van der Waals surface area contributed by atoms with E-state index in [-0.39, 0.29) is 0 Å². The Morgan fingerprint density at radius 3 is 2.00 bits per heavy atom. The van der Waals surface area contributed by atoms with Crippen molar-refractivity contribution in [1.82, 2.24) is 5.32 Å². The van der Waals surface area contributed by atoms with E-state index in [9.17, 15) is 18.4 Å². The lowest BCUT2D eigenvalue weighted by molar-refractivity contribution is -0.151. The third-order valence-electron chi connectivity index (χ3n) is 1.10. The first-order chi connectivity index (χ1) is 5.25. The van der Waals surface area contributed by atoms with Gasteiger partial charge in [0, 0.05) is 13.8 Å². The molecule has 0 rings (SSSR count). The molecule has 12 heavy (non-hydrogen) atoms. The highest BCUT2D eigenvalue weighted by atomic mass is 19.3. The Morgan fingerprint density at radius 1 is 1.50 bits per heavy atom. The second kappa shape index (κ2) is 3.46. The molecule has 2 N–H and O–H groups in total. The zero-order chi connectivity index (χ0) is 9.94. The molecule has 0 aromatic heterocycles. The van der Waals surface area contributed by atoms with Crippen molar-refractivity contribution in [2.24, 2.45) is 0 Å². The van der Waals surface area contributed by atoms with E-state index in [0.717, 1.165) is 6.92 Å². The van der Waals surface area contributed by atoms with Crippen LogP contribution in [0.25, 0.3) is 0 Å². The SMILES string of the molecule is CC(=O)NC(C(=O)O)C(C)(F)F. The van der Waals surface area contributed by atoms with Crippen LogP contribution in [-0.4, -0.2) is 28.9 Å². The quantitative estimate of drug-likeness (QED) is 0.655. The number of nitrogens with one attached hydrogen (secondary N) is 1. The molecular formula is C6H9F2NO3. The van der Waals surface area contributed by atoms with E-state index in [1.54, 1.807) is 5.32 Å². The van der Waals surface area contributed by atoms with Gasteiger partial charge in [0.05, 0.1) is 0 Å². The first-order valence-corrected chi connectivity index (χ1v) is 3.13. The fourth-order valence-electron chi connectivity index (χ4n) is 0.609. The number of carbonyl (C=O) groups excluding carboxylic acids is 1. The molecule has 0 radical (unpaired) electrons. The number of hydrogen-bond donors (Lipinski definition) is 2. The van der Waals surface area contributed by atoms with Crippen molar-refractivity contribution in [3.8, 4) is 0 Å². The molecule has 1 atom stereocenters. The van der Waals surface area contributed by atoms with Gasteiger partial charge in [-0.15, -0.1) is 0 Å². The third kappa shape index (κ3) is 3.27. The maximum Gasteiger partial charge on any atom is 0.332 e. The first kappa shape index (κ1) is 10.8. The van der Waals surface area contributed by atoms with E-state index in [2.05, 4.69) is 0 Å². The Labute approximate surface area is 67.6 Å². The molecule has 6 heteroatoms. The summed E-state index contributed by atoms with van der Waals surface area (Å²) in [6.07, 6.45) is 0. The van der Waals surface area contributed by atoms with Crippen LogP contribution in [0.1, 0.15) is 13.8 Å². The number of carbonyl (C=O) groups is 2. The predicted octanol–water partition coefficient (Wildman–Crippen LogP) is 0.231. The standard InChI is InChI=1S/C6H9F2NO3/c1-3(10)9-4(5(11)12)6(2,7)8/h4H,1-2H3,(H,9,10)(H,11,12). The zero-order valence-corrected chi connectivity index (χ0v) is 6.60. The van der Waals surface area contributed by atoms with E-state index in [4.69, 9.17) is 5.11 Å². The molecule has 0 spiro atoms. The molecule has 1 unspecified atom stereocenters. The molecule has 1 amide bonds. The molecule has 0 saturated carbocycles. The van der Waals surface area contributed by atoms with Crippen molar-refractivity contribution in [2.45, 2.75) is 25.8 Å². The van der Waals surface area contributed by atoms with Crippen molar-refractivity contribution in [3.05, 3.63) is 0 Å². The van der Waals surface area contributed by atoms with Crippen LogP contribution in [0.15, 0.2) is 0 Å². The summed E-state index contributed by atoms with van der Waals surface area (Å²) in [4.78, 5) is 20.5. The van der Waals surface area contributed by atoms with E-state index < -0.39 is 23.8 Å². The summed E-state index contributed by atoms with van der Waals surface area (Å²) in [5.74, 6) is -6.01. The van der Waals surface area contributed by atoms with Gasteiger partial charge < -0.3 is 10.4 Å². The van der Waals surface area contributed by atoms with Crippen LogP contribution in [0.5, 0.6) is 0 Å². The van der Waals surface area contributed by atoms with Crippen molar-refractivity contribution in [3.63, 3.8) is 0 Å². The number of carboxylic acids is 1. The fourth-order valence-corrected chi connectivity index (χ4v) is 0.609. The third-order valence-corrected chi connectivity index (χ3v) is 1.10. The van der Waals surface area contributed by atoms with Gasteiger partial charge in [-0.25, -0.2) is 13.6 Å². The Hall–Kier alpha value is -1.20. The first-order valence-electron chi connectivity index (χ1n) is 3.13. The predicted molar refractivity (Wildman–Crippen MR) is 35.9 cm³/mol. The highest BCUT2D eigenvalue weighted by Crippen LogP contribution is 2.17. The highest BCUT2D eigenvalue weighted by Gasteiger charge is 2.40. The van der Waals surface area contributed by atoms with Gasteiger partial charge in [-0.05, 0) is 0 Å². The van der Waals surface area contributed by atoms with Crippen LogP contribution in [0, 0.1) is 0 Å². The molecule has 0 bridgehead atoms. The Bertz CT molecular complexity index is 199. The average Bonchev–Trinajstić information content (AvgIpc) is 1.79. The van der Waals surface area contributed by atoms with Gasteiger partial charge in [0.1, 0.15) is 0 Å². The van der Waals surface area contributed by atoms with Gasteiger partial charge in [0.15, 0.2) is 6.04 Å². The van der Waals surface area contributed by atoms with Crippen molar-refractivity contribution < 1.29 is 23.5 Å². The summed E-state index contributed by atoms with van der Waals surface area (Å²) in [6.45, 7) is 1.41. The normalized spacial score (nSPS) is 13.7. The number of halogens is 2. The van der Waals surface area contributed by atoms with Gasteiger partial charge >= 0.3 is 5.97 Å². The maximum atomic E-state index is 12.4. The molecule has 0 aliphatic heterocycles. The molecule has 0 aromatic rings. The van der Waals surface area contributed by atoms with E-state index in [0.29, 0.717) is 6.92 Å². The molecule has 0 aliphatic rings. The molecule has 0 fully saturated rings. The largest absolute Gasteiger partial charge is 0.480 e. The van der Waals surface area contributed by atoms with Crippen molar-refractivity contribution in [1.29, 1.82) is 0 Å². The van der Waals surface area contributed by atoms with Gasteiger partial charge in [-0.3, -0.25) is 4.79 Å². The lowest BCUT2D eigenvalue weighted by Gasteiger charge is -2.19. The van der Waals surface area contributed by atoms with Gasteiger partial charge in [-0.1, -0.05) is 0 Å². The minimum Gasteiger partial charge on any atom is -0.480 e. The molecule has 4 nitrogen and oxygen atoms in total. The van der Waals surface area contributed by atoms with Gasteiger partial charge in [-0.2, -0.15) is 0 Å². The number of alkyl halides is 2. The van der Waals surface area contributed by atoms with Crippen LogP contribution in [0.4, 0.5) is 8.78 Å². The summed E-state index contributed by atoms with van der Waals surface area (Å²) in [5, 5.41) is 9.89. The lowest BCUT2D eigenvalue weighted by Crippen LogP contribution is -2.50. The molecule has 0 aromatic carbocycles. The number of aliphatic carboxylic acids is 1. The molecule has 0 aliphatic carbocycles. The minimum atomic E-state index is -3.46. The number of amides is 1. The van der Waals surface area contributed by atoms with Crippen LogP contribution in [-0.2, 0) is 9.59 Å². The van der Waals surface area contributed by atoms with Crippen molar-refractivity contribution in [2.75, 3.05) is 0 Å². The number of hydrogen-bond acceptors (Lipinski definition) is 2. The fraction of sp³-hybridized carbons (Fsp3) is 0.667. The van der Waals surface area contributed by atoms with Crippen LogP contribution < -0.4 is 5.32 Å². The van der Waals surface area contributed by atoms with E-state index in [1.807, 2.05) is 0 Å². The molecular weight excluding hydrogens is 172 g/mol. The monoisotopic (exact) mass is 181 g/mol. The van der Waals surface area contributed by atoms with Crippen LogP contribution >= 0.6 is 0 Å². The summed E-state index contributed by atoms with van der Waals surface area (Å²) in [7, 11) is 0. The summed E-state index contributed by atoms with van der Waals surface area (Å²) < 4.78 is 24.8. The second-order valence-corrected chi connectivity index (χ2v) is 2.43. The van der Waals surface area contributed by atoms with Crippen LogP contribution in [0.3, 0.4) is 0 Å². The topological polar surface area (TPSA) is 66.4 Å². The lowest BCUT2D eigenvalue weighted by atomic mass is 10.2. The summed E-state index contributed by atoms with van der Waals surface area (Å²) in [5.41, 5.74) is 0. The summed E-state index contributed by atoms with van der Waals surface area (Å²) >= 11 is 0. The number of carboxylic acid groups (broad SMARTS) is 1. The molecule has 0 heterocycles. The van der Waals surface area contributed by atoms with E-state index in [1.165, 1.54) is 0 Å². The smallest absolute Gasteiger partial charge is 0.332 e.